The Bertz CT molecular complexity index is 1370. The summed E-state index contributed by atoms with van der Waals surface area (Å²) in [6.07, 6.45) is 0.893. The van der Waals surface area contributed by atoms with Crippen molar-refractivity contribution in [2.75, 3.05) is 5.32 Å². The summed E-state index contributed by atoms with van der Waals surface area (Å²) >= 11 is 0. The number of aromatic nitrogens is 1. The molecule has 1 aliphatic rings. The first-order valence-corrected chi connectivity index (χ1v) is 11.5. The first kappa shape index (κ1) is 22.6. The molecule has 0 amide bonds. The average Bonchev–Trinajstić information content (AvgIpc) is 3.17. The molecule has 1 aromatic heterocycles. The highest BCUT2D eigenvalue weighted by atomic mass is 19.1. The smallest absolute Gasteiger partial charge is 0.140 e. The van der Waals surface area contributed by atoms with Gasteiger partial charge < -0.3 is 20.7 Å². The fourth-order valence-corrected chi connectivity index (χ4v) is 4.93. The second-order valence-corrected chi connectivity index (χ2v) is 9.84. The van der Waals surface area contributed by atoms with Crippen LogP contribution in [0, 0.1) is 25.5 Å². The van der Waals surface area contributed by atoms with Gasteiger partial charge in [-0.05, 0) is 44.9 Å². The number of H-pyrrole nitrogens is 1. The molecule has 176 valence electrons. The van der Waals surface area contributed by atoms with Crippen molar-refractivity contribution in [3.8, 4) is 11.1 Å². The Morgan fingerprint density at radius 2 is 1.79 bits per heavy atom. The molecule has 0 aliphatic carbocycles. The van der Waals surface area contributed by atoms with Gasteiger partial charge in [0.05, 0.1) is 28.8 Å². The number of aromatic amines is 1. The molecule has 34 heavy (non-hydrogen) atoms. The Morgan fingerprint density at radius 1 is 1.06 bits per heavy atom. The molecular weight excluding hydrogens is 432 g/mol. The van der Waals surface area contributed by atoms with Gasteiger partial charge >= 0.3 is 0 Å². The summed E-state index contributed by atoms with van der Waals surface area (Å²) in [5.41, 5.74) is 4.04. The maximum absolute atomic E-state index is 16.2. The summed E-state index contributed by atoms with van der Waals surface area (Å²) in [5.74, 6) is -1.31. The fraction of sp³-hybridized carbons (Fsp3) is 0.286. The van der Waals surface area contributed by atoms with Gasteiger partial charge in [-0.2, -0.15) is 0 Å². The van der Waals surface area contributed by atoms with Crippen molar-refractivity contribution in [1.29, 1.82) is 0 Å². The molecule has 0 bridgehead atoms. The van der Waals surface area contributed by atoms with Crippen molar-refractivity contribution >= 4 is 16.6 Å². The van der Waals surface area contributed by atoms with Crippen LogP contribution >= 0.6 is 0 Å². The third-order valence-electron chi connectivity index (χ3n) is 6.92. The predicted octanol–water partition coefficient (Wildman–Crippen LogP) is 6.13. The van der Waals surface area contributed by atoms with E-state index in [1.165, 1.54) is 6.07 Å². The lowest BCUT2D eigenvalue weighted by Crippen LogP contribution is -2.54. The van der Waals surface area contributed by atoms with E-state index in [0.717, 1.165) is 22.1 Å². The van der Waals surface area contributed by atoms with Crippen LogP contribution in [0.2, 0.25) is 0 Å². The van der Waals surface area contributed by atoms with Crippen molar-refractivity contribution in [3.63, 3.8) is 0 Å². The van der Waals surface area contributed by atoms with Gasteiger partial charge in [-0.1, -0.05) is 48.0 Å². The highest BCUT2D eigenvalue weighted by molar-refractivity contribution is 5.96. The number of aryl methyl sites for hydroxylation is 2. The van der Waals surface area contributed by atoms with E-state index in [9.17, 15) is 5.11 Å². The summed E-state index contributed by atoms with van der Waals surface area (Å²) in [5, 5.41) is 18.6. The monoisotopic (exact) mass is 461 g/mol. The Kier molecular flexibility index (Phi) is 5.46. The number of para-hydroxylation sites is 1. The second kappa shape index (κ2) is 8.22. The molecule has 0 saturated heterocycles. The van der Waals surface area contributed by atoms with Crippen LogP contribution in [0.15, 0.2) is 54.7 Å². The van der Waals surface area contributed by atoms with Crippen LogP contribution in [0.4, 0.5) is 14.5 Å². The molecule has 4 aromatic rings. The van der Waals surface area contributed by atoms with Crippen LogP contribution in [0.3, 0.4) is 0 Å². The SMILES string of the molecule is Cc1ccc(CN[C@H]2c3c(cc(F)c(-c4cccc5c(C)c[nH]c45)c3F)NC(C)(C)C2O)cc1. The van der Waals surface area contributed by atoms with Crippen molar-refractivity contribution < 1.29 is 13.9 Å². The zero-order chi connectivity index (χ0) is 24.2. The normalized spacial score (nSPS) is 19.1. The molecule has 0 spiro atoms. The van der Waals surface area contributed by atoms with E-state index in [-0.39, 0.29) is 11.1 Å². The molecule has 0 radical (unpaired) electrons. The van der Waals surface area contributed by atoms with Crippen molar-refractivity contribution in [2.24, 2.45) is 0 Å². The molecule has 1 aliphatic heterocycles. The van der Waals surface area contributed by atoms with Crippen LogP contribution in [0.5, 0.6) is 0 Å². The molecule has 6 heteroatoms. The van der Waals surface area contributed by atoms with Crippen molar-refractivity contribution in [1.82, 2.24) is 10.3 Å². The number of anilines is 1. The number of hydrogen-bond donors (Lipinski definition) is 4. The Morgan fingerprint density at radius 3 is 2.53 bits per heavy atom. The van der Waals surface area contributed by atoms with Gasteiger partial charge in [0.1, 0.15) is 11.6 Å². The first-order valence-electron chi connectivity index (χ1n) is 11.5. The number of hydrogen-bond acceptors (Lipinski definition) is 3. The molecule has 5 rings (SSSR count). The zero-order valence-corrected chi connectivity index (χ0v) is 19.8. The van der Waals surface area contributed by atoms with E-state index in [1.807, 2.05) is 64.2 Å². The Hall–Kier alpha value is -3.22. The second-order valence-electron chi connectivity index (χ2n) is 9.84. The van der Waals surface area contributed by atoms with Crippen LogP contribution in [0.25, 0.3) is 22.0 Å². The molecule has 4 N–H and O–H groups in total. The summed E-state index contributed by atoms with van der Waals surface area (Å²) in [4.78, 5) is 3.16. The summed E-state index contributed by atoms with van der Waals surface area (Å²) in [6.45, 7) is 8.06. The third-order valence-corrected chi connectivity index (χ3v) is 6.92. The molecular formula is C28H29F2N3O. The van der Waals surface area contributed by atoms with Crippen molar-refractivity contribution in [2.45, 2.75) is 51.9 Å². The Labute approximate surface area is 198 Å². The Balaban J connectivity index is 1.64. The molecule has 4 nitrogen and oxygen atoms in total. The van der Waals surface area contributed by atoms with E-state index >= 15 is 8.78 Å². The van der Waals surface area contributed by atoms with Gasteiger partial charge in [-0.3, -0.25) is 0 Å². The van der Waals surface area contributed by atoms with Gasteiger partial charge in [-0.25, -0.2) is 8.78 Å². The summed E-state index contributed by atoms with van der Waals surface area (Å²) in [7, 11) is 0. The molecule has 0 fully saturated rings. The maximum atomic E-state index is 16.2. The number of aliphatic hydroxyl groups is 1. The van der Waals surface area contributed by atoms with E-state index in [0.29, 0.717) is 23.3 Å². The molecule has 2 atom stereocenters. The van der Waals surface area contributed by atoms with Crippen molar-refractivity contribution in [3.05, 3.63) is 88.6 Å². The highest BCUT2D eigenvalue weighted by Gasteiger charge is 2.43. The van der Waals surface area contributed by atoms with Crippen LogP contribution in [-0.2, 0) is 6.54 Å². The lowest BCUT2D eigenvalue weighted by Gasteiger charge is -2.44. The zero-order valence-electron chi connectivity index (χ0n) is 19.8. The number of nitrogens with one attached hydrogen (secondary N) is 3. The molecule has 2 heterocycles. The van der Waals surface area contributed by atoms with Gasteiger partial charge in [-0.15, -0.1) is 0 Å². The van der Waals surface area contributed by atoms with Gasteiger partial charge in [0, 0.05) is 34.9 Å². The fourth-order valence-electron chi connectivity index (χ4n) is 4.93. The van der Waals surface area contributed by atoms with E-state index in [2.05, 4.69) is 15.6 Å². The lowest BCUT2D eigenvalue weighted by atomic mass is 9.80. The highest BCUT2D eigenvalue weighted by Crippen LogP contribution is 2.44. The minimum atomic E-state index is -0.943. The number of fused-ring (bicyclic) bond motifs is 2. The maximum Gasteiger partial charge on any atom is 0.140 e. The van der Waals surface area contributed by atoms with Gasteiger partial charge in [0.25, 0.3) is 0 Å². The van der Waals surface area contributed by atoms with Crippen LogP contribution in [0.1, 0.15) is 42.1 Å². The molecule has 3 aromatic carbocycles. The van der Waals surface area contributed by atoms with Crippen LogP contribution < -0.4 is 10.6 Å². The minimum Gasteiger partial charge on any atom is -0.389 e. The largest absolute Gasteiger partial charge is 0.389 e. The molecule has 1 unspecified atom stereocenters. The standard InChI is InChI=1S/C28H29F2N3O/c1-15-8-10-17(11-9-15)14-32-26-23-21(33-28(3,4)27(26)34)12-20(29)22(24(23)30)19-7-5-6-18-16(2)13-31-25(18)19/h5-13,26-27,31-34H,14H2,1-4H3/t26-,27?/m0/s1. The topological polar surface area (TPSA) is 60.1 Å². The van der Waals surface area contributed by atoms with Gasteiger partial charge in [0.2, 0.25) is 0 Å². The minimum absolute atomic E-state index is 0.0953. The lowest BCUT2D eigenvalue weighted by molar-refractivity contribution is 0.0663. The van der Waals surface area contributed by atoms with E-state index in [4.69, 9.17) is 0 Å². The van der Waals surface area contributed by atoms with Crippen LogP contribution in [-0.4, -0.2) is 21.7 Å². The summed E-state index contributed by atoms with van der Waals surface area (Å²) in [6, 6.07) is 14.1. The number of aliphatic hydroxyl groups excluding tert-OH is 1. The predicted molar refractivity (Wildman–Crippen MR) is 133 cm³/mol. The number of halogens is 2. The first-order chi connectivity index (χ1) is 16.2. The number of rotatable bonds is 4. The summed E-state index contributed by atoms with van der Waals surface area (Å²) < 4.78 is 31.7. The number of benzene rings is 3. The van der Waals surface area contributed by atoms with Gasteiger partial charge in [0.15, 0.2) is 0 Å². The third kappa shape index (κ3) is 3.67. The molecule has 0 saturated carbocycles. The quantitative estimate of drug-likeness (QED) is 0.296. The van der Waals surface area contributed by atoms with E-state index in [1.54, 1.807) is 12.1 Å². The average molecular weight is 462 g/mol. The van der Waals surface area contributed by atoms with E-state index < -0.39 is 29.3 Å².